The van der Waals surface area contributed by atoms with Gasteiger partial charge in [0.1, 0.15) is 0 Å². The lowest BCUT2D eigenvalue weighted by Gasteiger charge is -2.06. The van der Waals surface area contributed by atoms with Crippen LogP contribution in [0.25, 0.3) is 6.08 Å². The molecule has 0 aliphatic carbocycles. The van der Waals surface area contributed by atoms with E-state index in [0.29, 0.717) is 5.92 Å². The first-order valence-electron chi connectivity index (χ1n) is 5.84. The third-order valence-corrected chi connectivity index (χ3v) is 3.90. The van der Waals surface area contributed by atoms with Crippen molar-refractivity contribution in [2.75, 3.05) is 0 Å². The highest BCUT2D eigenvalue weighted by molar-refractivity contribution is 9.10. The highest BCUT2D eigenvalue weighted by Crippen LogP contribution is 2.21. The van der Waals surface area contributed by atoms with Crippen LogP contribution >= 0.6 is 31.9 Å². The lowest BCUT2D eigenvalue weighted by Crippen LogP contribution is -1.88. The van der Waals surface area contributed by atoms with Gasteiger partial charge in [-0.15, -0.1) is 0 Å². The molecule has 0 aliphatic rings. The monoisotopic (exact) mass is 364 g/mol. The Kier molecular flexibility index (Phi) is 4.79. The number of rotatable bonds is 3. The molecule has 18 heavy (non-hydrogen) atoms. The average molecular weight is 366 g/mol. The van der Waals surface area contributed by atoms with Crippen LogP contribution in [0.3, 0.4) is 0 Å². The number of benzene rings is 2. The molecule has 0 nitrogen and oxygen atoms in total. The van der Waals surface area contributed by atoms with Gasteiger partial charge in [-0.3, -0.25) is 0 Å². The van der Waals surface area contributed by atoms with Gasteiger partial charge in [0, 0.05) is 8.95 Å². The maximum atomic E-state index is 3.45. The van der Waals surface area contributed by atoms with Crippen molar-refractivity contribution in [2.24, 2.45) is 0 Å². The van der Waals surface area contributed by atoms with E-state index in [-0.39, 0.29) is 0 Å². The topological polar surface area (TPSA) is 0 Å². The lowest BCUT2D eigenvalue weighted by molar-refractivity contribution is 0.972. The Bertz CT molecular complexity index is 524. The fourth-order valence-corrected chi connectivity index (χ4v) is 2.24. The molecule has 0 bridgehead atoms. The molecular weight excluding hydrogens is 352 g/mol. The Hall–Kier alpha value is -0.860. The molecule has 1 atom stereocenters. The lowest BCUT2D eigenvalue weighted by atomic mass is 10.00. The average Bonchev–Trinajstić information content (AvgIpc) is 2.38. The maximum Gasteiger partial charge on any atom is 0.0175 e. The van der Waals surface area contributed by atoms with Crippen LogP contribution in [0.2, 0.25) is 0 Å². The van der Waals surface area contributed by atoms with Crippen molar-refractivity contribution in [1.29, 1.82) is 0 Å². The van der Waals surface area contributed by atoms with Crippen LogP contribution in [0, 0.1) is 0 Å². The SMILES string of the molecule is C[C@H](/C=C/c1ccc(Br)cc1)c1ccc(Br)cc1. The number of hydrogen-bond donors (Lipinski definition) is 0. The molecule has 2 aromatic rings. The Labute approximate surface area is 125 Å². The quantitative estimate of drug-likeness (QED) is 0.623. The zero-order valence-corrected chi connectivity index (χ0v) is 13.3. The third-order valence-electron chi connectivity index (χ3n) is 2.84. The summed E-state index contributed by atoms with van der Waals surface area (Å²) < 4.78 is 2.23. The minimum atomic E-state index is 0.418. The fourth-order valence-electron chi connectivity index (χ4n) is 1.71. The van der Waals surface area contributed by atoms with Crippen molar-refractivity contribution in [3.05, 3.63) is 74.7 Å². The van der Waals surface area contributed by atoms with Crippen LogP contribution in [0.5, 0.6) is 0 Å². The molecule has 0 saturated heterocycles. The number of hydrogen-bond acceptors (Lipinski definition) is 0. The molecule has 2 rings (SSSR count). The molecule has 0 fully saturated rings. The molecule has 2 heteroatoms. The molecule has 0 amide bonds. The summed E-state index contributed by atoms with van der Waals surface area (Å²) in [5, 5.41) is 0. The molecule has 0 radical (unpaired) electrons. The first-order chi connectivity index (χ1) is 8.65. The van der Waals surface area contributed by atoms with Gasteiger partial charge in [0.15, 0.2) is 0 Å². The molecule has 0 saturated carbocycles. The Morgan fingerprint density at radius 2 is 1.33 bits per heavy atom. The van der Waals surface area contributed by atoms with Gasteiger partial charge in [0.25, 0.3) is 0 Å². The van der Waals surface area contributed by atoms with Crippen LogP contribution in [-0.2, 0) is 0 Å². The summed E-state index contributed by atoms with van der Waals surface area (Å²) in [6, 6.07) is 16.8. The maximum absolute atomic E-state index is 3.45. The van der Waals surface area contributed by atoms with Crippen LogP contribution in [0.4, 0.5) is 0 Å². The van der Waals surface area contributed by atoms with Crippen molar-refractivity contribution in [3.63, 3.8) is 0 Å². The Balaban J connectivity index is 2.08. The van der Waals surface area contributed by atoms with Crippen molar-refractivity contribution in [1.82, 2.24) is 0 Å². The largest absolute Gasteiger partial charge is 0.0767 e. The summed E-state index contributed by atoms with van der Waals surface area (Å²) >= 11 is 6.89. The standard InChI is InChI=1S/C16H14Br2/c1-12(14-6-10-16(18)11-7-14)2-3-13-4-8-15(17)9-5-13/h2-12H,1H3/b3-2+/t12-/m1/s1. The smallest absolute Gasteiger partial charge is 0.0175 e. The molecular formula is C16H14Br2. The van der Waals surface area contributed by atoms with Crippen molar-refractivity contribution >= 4 is 37.9 Å². The predicted molar refractivity (Wildman–Crippen MR) is 85.7 cm³/mol. The highest BCUT2D eigenvalue weighted by Gasteiger charge is 2.00. The molecule has 0 spiro atoms. The van der Waals surface area contributed by atoms with Gasteiger partial charge in [0.05, 0.1) is 0 Å². The predicted octanol–water partition coefficient (Wildman–Crippen LogP) is 6.03. The summed E-state index contributed by atoms with van der Waals surface area (Å²) in [5.74, 6) is 0.418. The summed E-state index contributed by atoms with van der Waals surface area (Å²) in [6.45, 7) is 2.21. The van der Waals surface area contributed by atoms with Crippen molar-refractivity contribution in [2.45, 2.75) is 12.8 Å². The van der Waals surface area contributed by atoms with Crippen molar-refractivity contribution in [3.8, 4) is 0 Å². The second-order valence-electron chi connectivity index (χ2n) is 4.25. The third kappa shape index (κ3) is 3.82. The van der Waals surface area contributed by atoms with E-state index in [4.69, 9.17) is 0 Å². The summed E-state index contributed by atoms with van der Waals surface area (Å²) in [5.41, 5.74) is 2.55. The van der Waals surface area contributed by atoms with Crippen LogP contribution < -0.4 is 0 Å². The molecule has 0 aliphatic heterocycles. The second kappa shape index (κ2) is 6.35. The van der Waals surface area contributed by atoms with Gasteiger partial charge in [-0.05, 0) is 41.3 Å². The number of halogens is 2. The molecule has 0 N–H and O–H groups in total. The van der Waals surface area contributed by atoms with E-state index in [1.165, 1.54) is 11.1 Å². The first kappa shape index (κ1) is 13.6. The Morgan fingerprint density at radius 3 is 1.89 bits per heavy atom. The van der Waals surface area contributed by atoms with Gasteiger partial charge in [-0.25, -0.2) is 0 Å². The highest BCUT2D eigenvalue weighted by atomic mass is 79.9. The van der Waals surface area contributed by atoms with E-state index in [2.05, 4.69) is 99.5 Å². The van der Waals surface area contributed by atoms with Crippen molar-refractivity contribution < 1.29 is 0 Å². The minimum absolute atomic E-state index is 0.418. The van der Waals surface area contributed by atoms with E-state index >= 15 is 0 Å². The van der Waals surface area contributed by atoms with Crippen LogP contribution in [0.1, 0.15) is 24.0 Å². The fraction of sp³-hybridized carbons (Fsp3) is 0.125. The molecule has 92 valence electrons. The first-order valence-corrected chi connectivity index (χ1v) is 7.43. The molecule has 0 aromatic heterocycles. The zero-order valence-electron chi connectivity index (χ0n) is 10.1. The summed E-state index contributed by atoms with van der Waals surface area (Å²) in [4.78, 5) is 0. The molecule has 2 aromatic carbocycles. The normalized spacial score (nSPS) is 12.8. The van der Waals surface area contributed by atoms with E-state index in [1.807, 2.05) is 0 Å². The van der Waals surface area contributed by atoms with Gasteiger partial charge in [0.2, 0.25) is 0 Å². The Morgan fingerprint density at radius 1 is 0.833 bits per heavy atom. The van der Waals surface area contributed by atoms with E-state index < -0.39 is 0 Å². The van der Waals surface area contributed by atoms with E-state index in [1.54, 1.807) is 0 Å². The van der Waals surface area contributed by atoms with Gasteiger partial charge in [-0.2, -0.15) is 0 Å². The molecule has 0 heterocycles. The van der Waals surface area contributed by atoms with Gasteiger partial charge >= 0.3 is 0 Å². The zero-order chi connectivity index (χ0) is 13.0. The van der Waals surface area contributed by atoms with Gasteiger partial charge < -0.3 is 0 Å². The van der Waals surface area contributed by atoms with E-state index in [9.17, 15) is 0 Å². The minimum Gasteiger partial charge on any atom is -0.0767 e. The van der Waals surface area contributed by atoms with Crippen LogP contribution in [-0.4, -0.2) is 0 Å². The molecule has 0 unspecified atom stereocenters. The summed E-state index contributed by atoms with van der Waals surface area (Å²) in [6.07, 6.45) is 4.39. The summed E-state index contributed by atoms with van der Waals surface area (Å²) in [7, 11) is 0. The van der Waals surface area contributed by atoms with Crippen LogP contribution in [0.15, 0.2) is 63.6 Å². The van der Waals surface area contributed by atoms with E-state index in [0.717, 1.165) is 8.95 Å². The number of allylic oxidation sites excluding steroid dienone is 1. The second-order valence-corrected chi connectivity index (χ2v) is 6.08. The van der Waals surface area contributed by atoms with Gasteiger partial charge in [-0.1, -0.05) is 75.2 Å².